The molecule has 5 nitrogen and oxygen atoms in total. The second-order valence-corrected chi connectivity index (χ2v) is 5.74. The van der Waals surface area contributed by atoms with Crippen LogP contribution in [-0.4, -0.2) is 35.1 Å². The fraction of sp³-hybridized carbons (Fsp3) is 0.467. The molecule has 3 amide bonds. The van der Waals surface area contributed by atoms with Crippen LogP contribution in [0.3, 0.4) is 0 Å². The van der Waals surface area contributed by atoms with E-state index < -0.39 is 5.54 Å². The van der Waals surface area contributed by atoms with Crippen LogP contribution < -0.4 is 5.32 Å². The van der Waals surface area contributed by atoms with Crippen molar-refractivity contribution in [2.75, 3.05) is 13.2 Å². The molecule has 1 atom stereocenters. The Labute approximate surface area is 128 Å². The molecule has 2 rings (SSSR count). The molecular weight excluding hydrogens is 292 g/mol. The van der Waals surface area contributed by atoms with Crippen LogP contribution in [0.4, 0.5) is 4.79 Å². The van der Waals surface area contributed by atoms with Gasteiger partial charge >= 0.3 is 6.03 Å². The van der Waals surface area contributed by atoms with E-state index in [-0.39, 0.29) is 18.5 Å². The van der Waals surface area contributed by atoms with E-state index in [4.69, 9.17) is 16.7 Å². The summed E-state index contributed by atoms with van der Waals surface area (Å²) in [7, 11) is 0. The molecule has 6 heteroatoms. The highest BCUT2D eigenvalue weighted by Crippen LogP contribution is 2.29. The van der Waals surface area contributed by atoms with E-state index in [1.54, 1.807) is 31.2 Å². The number of aliphatic hydroxyl groups is 1. The number of benzene rings is 1. The van der Waals surface area contributed by atoms with E-state index in [1.807, 2.05) is 0 Å². The minimum absolute atomic E-state index is 0.128. The lowest BCUT2D eigenvalue weighted by molar-refractivity contribution is -0.131. The highest BCUT2D eigenvalue weighted by atomic mass is 35.5. The van der Waals surface area contributed by atoms with Gasteiger partial charge < -0.3 is 10.4 Å². The number of urea groups is 1. The number of aliphatic hydroxyl groups excluding tert-OH is 1. The third kappa shape index (κ3) is 3.19. The minimum atomic E-state index is -1.04. The number of hydrogen-bond donors (Lipinski definition) is 2. The second-order valence-electron chi connectivity index (χ2n) is 5.30. The maximum atomic E-state index is 12.5. The summed E-state index contributed by atoms with van der Waals surface area (Å²) in [5.41, 5.74) is -0.332. The summed E-state index contributed by atoms with van der Waals surface area (Å²) in [6.45, 7) is 2.20. The van der Waals surface area contributed by atoms with Gasteiger partial charge in [0.15, 0.2) is 0 Å². The second kappa shape index (κ2) is 6.45. The summed E-state index contributed by atoms with van der Waals surface area (Å²) in [6, 6.07) is 6.52. The molecule has 21 heavy (non-hydrogen) atoms. The van der Waals surface area contributed by atoms with E-state index in [0.717, 1.165) is 6.42 Å². The van der Waals surface area contributed by atoms with Gasteiger partial charge in [0, 0.05) is 18.2 Å². The number of amides is 3. The standard InChI is InChI=1S/C15H19ClN2O3/c1-15(11-5-7-12(16)8-6-11)13(20)18(14(21)17-15)9-3-2-4-10-19/h5-8,19H,2-4,9-10H2,1H3,(H,17,21). The Bertz CT molecular complexity index is 532. The van der Waals surface area contributed by atoms with Crippen LogP contribution in [0.5, 0.6) is 0 Å². The number of carbonyl (C=O) groups is 2. The van der Waals surface area contributed by atoms with Gasteiger partial charge in [-0.1, -0.05) is 23.7 Å². The van der Waals surface area contributed by atoms with Crippen LogP contribution >= 0.6 is 11.6 Å². The molecule has 1 saturated heterocycles. The average Bonchev–Trinajstić information content (AvgIpc) is 2.68. The molecule has 1 aliphatic heterocycles. The van der Waals surface area contributed by atoms with Crippen molar-refractivity contribution in [3.05, 3.63) is 34.9 Å². The number of hydrogen-bond acceptors (Lipinski definition) is 3. The summed E-state index contributed by atoms with van der Waals surface area (Å²) in [6.07, 6.45) is 2.15. The summed E-state index contributed by atoms with van der Waals surface area (Å²) in [5, 5.41) is 12.1. The topological polar surface area (TPSA) is 69.6 Å². The molecule has 1 aliphatic rings. The first-order chi connectivity index (χ1) is 9.99. The number of halogens is 1. The van der Waals surface area contributed by atoms with Gasteiger partial charge in [-0.25, -0.2) is 4.79 Å². The number of imide groups is 1. The minimum Gasteiger partial charge on any atom is -0.396 e. The largest absolute Gasteiger partial charge is 0.396 e. The van der Waals surface area contributed by atoms with Gasteiger partial charge in [0.2, 0.25) is 0 Å². The van der Waals surface area contributed by atoms with Crippen molar-refractivity contribution in [3.63, 3.8) is 0 Å². The molecule has 0 aliphatic carbocycles. The molecular formula is C15H19ClN2O3. The summed E-state index contributed by atoms with van der Waals surface area (Å²) >= 11 is 5.85. The van der Waals surface area contributed by atoms with Gasteiger partial charge in [-0.05, 0) is 43.9 Å². The van der Waals surface area contributed by atoms with Crippen LogP contribution in [0, 0.1) is 0 Å². The monoisotopic (exact) mass is 310 g/mol. The first-order valence-corrected chi connectivity index (χ1v) is 7.38. The fourth-order valence-electron chi connectivity index (χ4n) is 2.44. The Morgan fingerprint density at radius 3 is 2.48 bits per heavy atom. The predicted octanol–water partition coefficient (Wildman–Crippen LogP) is 2.27. The van der Waals surface area contributed by atoms with Gasteiger partial charge in [0.05, 0.1) is 0 Å². The van der Waals surface area contributed by atoms with Gasteiger partial charge in [-0.3, -0.25) is 9.69 Å². The zero-order valence-corrected chi connectivity index (χ0v) is 12.7. The number of nitrogens with one attached hydrogen (secondary N) is 1. The molecule has 0 spiro atoms. The lowest BCUT2D eigenvalue weighted by atomic mass is 9.92. The van der Waals surface area contributed by atoms with Crippen molar-refractivity contribution in [3.8, 4) is 0 Å². The maximum Gasteiger partial charge on any atom is 0.325 e. The number of nitrogens with zero attached hydrogens (tertiary/aromatic N) is 1. The fourth-order valence-corrected chi connectivity index (χ4v) is 2.56. The van der Waals surface area contributed by atoms with Crippen molar-refractivity contribution in [1.29, 1.82) is 0 Å². The smallest absolute Gasteiger partial charge is 0.325 e. The van der Waals surface area contributed by atoms with Gasteiger partial charge in [0.25, 0.3) is 5.91 Å². The molecule has 1 aromatic rings. The highest BCUT2D eigenvalue weighted by molar-refractivity contribution is 6.30. The van der Waals surface area contributed by atoms with Gasteiger partial charge in [0.1, 0.15) is 5.54 Å². The van der Waals surface area contributed by atoms with Crippen molar-refractivity contribution in [2.24, 2.45) is 0 Å². The maximum absolute atomic E-state index is 12.5. The van der Waals surface area contributed by atoms with Crippen LogP contribution in [0.2, 0.25) is 5.02 Å². The van der Waals surface area contributed by atoms with Crippen molar-refractivity contribution < 1.29 is 14.7 Å². The molecule has 1 heterocycles. The van der Waals surface area contributed by atoms with Crippen molar-refractivity contribution in [2.45, 2.75) is 31.7 Å². The van der Waals surface area contributed by atoms with E-state index in [0.29, 0.717) is 30.0 Å². The zero-order chi connectivity index (χ0) is 15.5. The van der Waals surface area contributed by atoms with Crippen LogP contribution in [-0.2, 0) is 10.3 Å². The molecule has 0 aromatic heterocycles. The SMILES string of the molecule is CC1(c2ccc(Cl)cc2)NC(=O)N(CCCCCO)C1=O. The molecule has 0 saturated carbocycles. The normalized spacial score (nSPS) is 21.8. The van der Waals surface area contributed by atoms with Crippen molar-refractivity contribution >= 4 is 23.5 Å². The van der Waals surface area contributed by atoms with Crippen LogP contribution in [0.15, 0.2) is 24.3 Å². The molecule has 0 radical (unpaired) electrons. The van der Waals surface area contributed by atoms with E-state index in [1.165, 1.54) is 4.90 Å². The summed E-state index contributed by atoms with van der Waals surface area (Å²) < 4.78 is 0. The molecule has 0 bridgehead atoms. The van der Waals surface area contributed by atoms with E-state index in [9.17, 15) is 9.59 Å². The number of carbonyl (C=O) groups excluding carboxylic acids is 2. The van der Waals surface area contributed by atoms with Crippen molar-refractivity contribution in [1.82, 2.24) is 10.2 Å². The quantitative estimate of drug-likeness (QED) is 0.625. The van der Waals surface area contributed by atoms with Crippen LogP contribution in [0.25, 0.3) is 0 Å². The molecule has 1 unspecified atom stereocenters. The first kappa shape index (κ1) is 15.8. The average molecular weight is 311 g/mol. The lowest BCUT2D eigenvalue weighted by Crippen LogP contribution is -2.40. The molecule has 2 N–H and O–H groups in total. The predicted molar refractivity (Wildman–Crippen MR) is 80.0 cm³/mol. The summed E-state index contributed by atoms with van der Waals surface area (Å²) in [5.74, 6) is -0.251. The third-order valence-corrected chi connectivity index (χ3v) is 3.99. The summed E-state index contributed by atoms with van der Waals surface area (Å²) in [4.78, 5) is 25.8. The number of unbranched alkanes of at least 4 members (excludes halogenated alkanes) is 2. The molecule has 1 fully saturated rings. The molecule has 114 valence electrons. The third-order valence-electron chi connectivity index (χ3n) is 3.74. The Morgan fingerprint density at radius 2 is 1.86 bits per heavy atom. The molecule has 1 aromatic carbocycles. The Hall–Kier alpha value is -1.59. The Kier molecular flexibility index (Phi) is 4.85. The highest BCUT2D eigenvalue weighted by Gasteiger charge is 2.48. The van der Waals surface area contributed by atoms with Gasteiger partial charge in [-0.2, -0.15) is 0 Å². The lowest BCUT2D eigenvalue weighted by Gasteiger charge is -2.22. The zero-order valence-electron chi connectivity index (χ0n) is 11.9. The van der Waals surface area contributed by atoms with E-state index >= 15 is 0 Å². The Balaban J connectivity index is 2.11. The van der Waals surface area contributed by atoms with Gasteiger partial charge in [-0.15, -0.1) is 0 Å². The first-order valence-electron chi connectivity index (χ1n) is 7.00. The Morgan fingerprint density at radius 1 is 1.19 bits per heavy atom. The van der Waals surface area contributed by atoms with Crippen LogP contribution in [0.1, 0.15) is 31.7 Å². The van der Waals surface area contributed by atoms with E-state index in [2.05, 4.69) is 5.32 Å². The number of rotatable bonds is 6.